The van der Waals surface area contributed by atoms with E-state index in [9.17, 15) is 14.4 Å². The molecule has 4 rings (SSSR count). The second kappa shape index (κ2) is 9.15. The van der Waals surface area contributed by atoms with Gasteiger partial charge in [-0.15, -0.1) is 0 Å². The Morgan fingerprint density at radius 1 is 1.06 bits per heavy atom. The van der Waals surface area contributed by atoms with Crippen molar-refractivity contribution in [2.24, 2.45) is 0 Å². The molecule has 2 aromatic rings. The van der Waals surface area contributed by atoms with Crippen LogP contribution in [0.1, 0.15) is 70.4 Å². The number of ether oxygens (including phenoxy) is 1. The van der Waals surface area contributed by atoms with E-state index in [2.05, 4.69) is 11.4 Å². The van der Waals surface area contributed by atoms with E-state index >= 15 is 0 Å². The molecular weight excluding hydrogens is 404 g/mol. The van der Waals surface area contributed by atoms with Crippen molar-refractivity contribution in [1.82, 2.24) is 10.2 Å². The molecule has 1 fully saturated rings. The summed E-state index contributed by atoms with van der Waals surface area (Å²) in [5.74, 6) is 0.268. The first-order chi connectivity index (χ1) is 15.4. The van der Waals surface area contributed by atoms with Crippen molar-refractivity contribution in [3.63, 3.8) is 0 Å². The topological polar surface area (TPSA) is 75.7 Å². The standard InChI is InChI=1S/C26H30N2O4/c1-18-11-12-19-20(16-18)25(31)28(24(19)30)15-7-10-23(29)27-17-26(13-5-6-14-26)21-8-3-4-9-22(21)32-2/h3-4,8-9,11-12,16H,5-7,10,13-15,17H2,1-2H3,(H,27,29). The minimum atomic E-state index is -0.272. The van der Waals surface area contributed by atoms with E-state index in [1.54, 1.807) is 19.2 Å². The Balaban J connectivity index is 1.33. The molecule has 32 heavy (non-hydrogen) atoms. The molecule has 2 aliphatic rings. The van der Waals surface area contributed by atoms with Crippen LogP contribution in [-0.4, -0.2) is 42.8 Å². The Morgan fingerprint density at radius 2 is 1.78 bits per heavy atom. The molecule has 0 saturated heterocycles. The maximum absolute atomic E-state index is 12.6. The molecule has 0 atom stereocenters. The fraction of sp³-hybridized carbons (Fsp3) is 0.423. The largest absolute Gasteiger partial charge is 0.496 e. The van der Waals surface area contributed by atoms with Crippen molar-refractivity contribution in [2.75, 3.05) is 20.2 Å². The van der Waals surface area contributed by atoms with Gasteiger partial charge in [0, 0.05) is 30.5 Å². The van der Waals surface area contributed by atoms with Gasteiger partial charge in [0.15, 0.2) is 0 Å². The zero-order chi connectivity index (χ0) is 22.7. The summed E-state index contributed by atoms with van der Waals surface area (Å²) in [5, 5.41) is 3.10. The Morgan fingerprint density at radius 3 is 2.53 bits per heavy atom. The highest BCUT2D eigenvalue weighted by molar-refractivity contribution is 6.21. The average molecular weight is 435 g/mol. The van der Waals surface area contributed by atoms with E-state index in [1.165, 1.54) is 4.90 Å². The van der Waals surface area contributed by atoms with Crippen LogP contribution < -0.4 is 10.1 Å². The number of imide groups is 1. The molecule has 0 radical (unpaired) electrons. The summed E-state index contributed by atoms with van der Waals surface area (Å²) >= 11 is 0. The average Bonchev–Trinajstić information content (AvgIpc) is 3.37. The lowest BCUT2D eigenvalue weighted by Crippen LogP contribution is -2.39. The maximum atomic E-state index is 12.6. The molecule has 0 aromatic heterocycles. The Bertz CT molecular complexity index is 1040. The van der Waals surface area contributed by atoms with Crippen molar-refractivity contribution >= 4 is 17.7 Å². The molecule has 1 aliphatic carbocycles. The predicted octanol–water partition coefficient (Wildman–Crippen LogP) is 4.01. The molecule has 0 bridgehead atoms. The Hall–Kier alpha value is -3.15. The van der Waals surface area contributed by atoms with Crippen molar-refractivity contribution in [3.05, 3.63) is 64.7 Å². The maximum Gasteiger partial charge on any atom is 0.261 e. The lowest BCUT2D eigenvalue weighted by Gasteiger charge is -2.31. The summed E-state index contributed by atoms with van der Waals surface area (Å²) in [6.45, 7) is 2.71. The summed E-state index contributed by atoms with van der Waals surface area (Å²) in [4.78, 5) is 39.0. The van der Waals surface area contributed by atoms with E-state index in [0.717, 1.165) is 42.6 Å². The first-order valence-electron chi connectivity index (χ1n) is 11.3. The third-order valence-corrected chi connectivity index (χ3v) is 6.77. The zero-order valence-electron chi connectivity index (χ0n) is 18.8. The minimum Gasteiger partial charge on any atom is -0.496 e. The molecule has 1 saturated carbocycles. The van der Waals surface area contributed by atoms with Crippen LogP contribution >= 0.6 is 0 Å². The van der Waals surface area contributed by atoms with E-state index in [0.29, 0.717) is 24.1 Å². The number of rotatable bonds is 8. The van der Waals surface area contributed by atoms with Crippen molar-refractivity contribution in [2.45, 2.75) is 50.9 Å². The van der Waals surface area contributed by atoms with Gasteiger partial charge < -0.3 is 10.1 Å². The number of hydrogen-bond donors (Lipinski definition) is 1. The number of nitrogens with zero attached hydrogens (tertiary/aromatic N) is 1. The van der Waals surface area contributed by atoms with Crippen LogP contribution in [0.2, 0.25) is 0 Å². The fourth-order valence-corrected chi connectivity index (χ4v) is 5.04. The molecule has 0 unspecified atom stereocenters. The predicted molar refractivity (Wildman–Crippen MR) is 122 cm³/mol. The fourth-order valence-electron chi connectivity index (χ4n) is 5.04. The molecule has 6 heteroatoms. The van der Waals surface area contributed by atoms with Gasteiger partial charge in [-0.3, -0.25) is 19.3 Å². The highest BCUT2D eigenvalue weighted by Crippen LogP contribution is 2.44. The molecule has 1 N–H and O–H groups in total. The van der Waals surface area contributed by atoms with Crippen LogP contribution in [0.3, 0.4) is 0 Å². The summed E-state index contributed by atoms with van der Waals surface area (Å²) in [5.41, 5.74) is 2.90. The van der Waals surface area contributed by atoms with Gasteiger partial charge in [-0.2, -0.15) is 0 Å². The van der Waals surface area contributed by atoms with Crippen LogP contribution in [0.4, 0.5) is 0 Å². The number of fused-ring (bicyclic) bond motifs is 1. The van der Waals surface area contributed by atoms with Gasteiger partial charge in [0.2, 0.25) is 5.91 Å². The molecule has 2 aromatic carbocycles. The SMILES string of the molecule is COc1ccccc1C1(CNC(=O)CCCN2C(=O)c3ccc(C)cc3C2=O)CCCC1. The molecule has 1 aliphatic heterocycles. The Labute approximate surface area is 188 Å². The summed E-state index contributed by atoms with van der Waals surface area (Å²) in [7, 11) is 1.68. The van der Waals surface area contributed by atoms with Crippen molar-refractivity contribution in [3.8, 4) is 5.75 Å². The quantitative estimate of drug-likeness (QED) is 0.637. The number of amides is 3. The second-order valence-corrected chi connectivity index (χ2v) is 8.88. The highest BCUT2D eigenvalue weighted by Gasteiger charge is 2.38. The number of benzene rings is 2. The smallest absolute Gasteiger partial charge is 0.261 e. The normalized spacial score (nSPS) is 16.9. The number of methoxy groups -OCH3 is 1. The summed E-state index contributed by atoms with van der Waals surface area (Å²) in [6.07, 6.45) is 5.01. The van der Waals surface area contributed by atoms with Gasteiger partial charge in [0.1, 0.15) is 5.75 Å². The molecular formula is C26H30N2O4. The van der Waals surface area contributed by atoms with Crippen LogP contribution in [0.5, 0.6) is 5.75 Å². The minimum absolute atomic E-state index is 0.0568. The number of carbonyl (C=O) groups excluding carboxylic acids is 3. The molecule has 6 nitrogen and oxygen atoms in total. The molecule has 168 valence electrons. The first kappa shape index (κ1) is 22.1. The van der Waals surface area contributed by atoms with Gasteiger partial charge in [-0.25, -0.2) is 0 Å². The van der Waals surface area contributed by atoms with E-state index < -0.39 is 0 Å². The van der Waals surface area contributed by atoms with Crippen LogP contribution in [0, 0.1) is 6.92 Å². The number of nitrogens with one attached hydrogen (secondary N) is 1. The zero-order valence-corrected chi connectivity index (χ0v) is 18.8. The highest BCUT2D eigenvalue weighted by atomic mass is 16.5. The third-order valence-electron chi connectivity index (χ3n) is 6.77. The van der Waals surface area contributed by atoms with E-state index in [1.807, 2.05) is 31.2 Å². The van der Waals surface area contributed by atoms with Crippen molar-refractivity contribution in [1.29, 1.82) is 0 Å². The second-order valence-electron chi connectivity index (χ2n) is 8.88. The lowest BCUT2D eigenvalue weighted by atomic mass is 9.78. The first-order valence-corrected chi connectivity index (χ1v) is 11.3. The molecule has 0 spiro atoms. The number of hydrogen-bond acceptors (Lipinski definition) is 4. The third kappa shape index (κ3) is 4.14. The van der Waals surface area contributed by atoms with Gasteiger partial charge in [-0.05, 0) is 44.4 Å². The van der Waals surface area contributed by atoms with Gasteiger partial charge in [0.25, 0.3) is 11.8 Å². The van der Waals surface area contributed by atoms with Crippen LogP contribution in [0.25, 0.3) is 0 Å². The molecule has 1 heterocycles. The summed E-state index contributed by atoms with van der Waals surface area (Å²) in [6, 6.07) is 13.3. The number of carbonyl (C=O) groups is 3. The lowest BCUT2D eigenvalue weighted by molar-refractivity contribution is -0.121. The molecule has 3 amide bonds. The van der Waals surface area contributed by atoms with Gasteiger partial charge >= 0.3 is 0 Å². The van der Waals surface area contributed by atoms with E-state index in [4.69, 9.17) is 4.74 Å². The summed E-state index contributed by atoms with van der Waals surface area (Å²) < 4.78 is 5.58. The van der Waals surface area contributed by atoms with E-state index in [-0.39, 0.29) is 36.1 Å². The van der Waals surface area contributed by atoms with Crippen LogP contribution in [-0.2, 0) is 10.2 Å². The monoisotopic (exact) mass is 434 g/mol. The number of para-hydroxylation sites is 1. The van der Waals surface area contributed by atoms with Gasteiger partial charge in [-0.1, -0.05) is 42.7 Å². The Kier molecular flexibility index (Phi) is 6.31. The number of aryl methyl sites for hydroxylation is 1. The van der Waals surface area contributed by atoms with Crippen LogP contribution in [0.15, 0.2) is 42.5 Å². The van der Waals surface area contributed by atoms with Crippen molar-refractivity contribution < 1.29 is 19.1 Å². The van der Waals surface area contributed by atoms with Gasteiger partial charge in [0.05, 0.1) is 18.2 Å².